The van der Waals surface area contributed by atoms with E-state index in [1.807, 2.05) is 6.92 Å². The molecular formula is C12H20NO+. The quantitative estimate of drug-likeness (QED) is 0.482. The van der Waals surface area contributed by atoms with Crippen LogP contribution in [0.4, 0.5) is 0 Å². The molecule has 0 bridgehead atoms. The number of hydrogen-bond acceptors (Lipinski definition) is 1. The van der Waals surface area contributed by atoms with Gasteiger partial charge in [-0.15, -0.1) is 5.92 Å². The van der Waals surface area contributed by atoms with Gasteiger partial charge in [0.05, 0.1) is 14.1 Å². The molecule has 0 aromatic heterocycles. The Balaban J connectivity index is 2.67. The number of likely N-dealkylation sites (N-methyl/N-ethyl adjacent to an activating group) is 1. The molecule has 0 amide bonds. The Morgan fingerprint density at radius 3 is 2.71 bits per heavy atom. The van der Waals surface area contributed by atoms with Crippen molar-refractivity contribution < 1.29 is 9.28 Å². The van der Waals surface area contributed by atoms with E-state index in [9.17, 15) is 4.79 Å². The van der Waals surface area contributed by atoms with Gasteiger partial charge in [-0.2, -0.15) is 0 Å². The van der Waals surface area contributed by atoms with E-state index in [1.165, 1.54) is 6.42 Å². The Labute approximate surface area is 86.9 Å². The Bertz CT molecular complexity index is 270. The highest BCUT2D eigenvalue weighted by molar-refractivity contribution is 5.83. The summed E-state index contributed by atoms with van der Waals surface area (Å²) in [6.45, 7) is 2.63. The monoisotopic (exact) mass is 194 g/mol. The fourth-order valence-electron chi connectivity index (χ4n) is 2.10. The maximum absolute atomic E-state index is 11.7. The zero-order valence-electron chi connectivity index (χ0n) is 9.47. The van der Waals surface area contributed by atoms with E-state index in [1.54, 1.807) is 0 Å². The van der Waals surface area contributed by atoms with Crippen molar-refractivity contribution in [2.75, 3.05) is 20.6 Å². The fraction of sp³-hybridized carbons (Fsp3) is 0.750. The highest BCUT2D eigenvalue weighted by atomic mass is 16.1. The minimum Gasteiger partial charge on any atom is -0.310 e. The van der Waals surface area contributed by atoms with Gasteiger partial charge in [-0.05, 0) is 25.7 Å². The summed E-state index contributed by atoms with van der Waals surface area (Å²) in [6, 6.07) is 0.185. The molecule has 0 N–H and O–H groups in total. The van der Waals surface area contributed by atoms with E-state index >= 15 is 0 Å². The van der Waals surface area contributed by atoms with Crippen molar-refractivity contribution in [3.05, 3.63) is 0 Å². The smallest absolute Gasteiger partial charge is 0.189 e. The number of carbonyl (C=O) groups is 1. The van der Waals surface area contributed by atoms with Gasteiger partial charge in [0.1, 0.15) is 12.6 Å². The molecule has 0 heterocycles. The molecule has 0 saturated heterocycles. The van der Waals surface area contributed by atoms with Crippen LogP contribution in [0.2, 0.25) is 0 Å². The van der Waals surface area contributed by atoms with Gasteiger partial charge in [-0.1, -0.05) is 0 Å². The Morgan fingerprint density at radius 1 is 1.43 bits per heavy atom. The molecule has 2 nitrogen and oxygen atoms in total. The third-order valence-electron chi connectivity index (χ3n) is 3.03. The number of rotatable bonds is 2. The number of Topliss-reactive ketones (excluding diaryl/α,β-unsaturated/α-hetero) is 1. The van der Waals surface area contributed by atoms with Crippen molar-refractivity contribution in [2.24, 2.45) is 0 Å². The number of quaternary nitrogens is 1. The maximum Gasteiger partial charge on any atom is 0.189 e. The van der Waals surface area contributed by atoms with Crippen LogP contribution in [0.15, 0.2) is 0 Å². The molecule has 0 spiro atoms. The van der Waals surface area contributed by atoms with Gasteiger partial charge in [0.2, 0.25) is 0 Å². The minimum atomic E-state index is 0.185. The summed E-state index contributed by atoms with van der Waals surface area (Å²) >= 11 is 0. The van der Waals surface area contributed by atoms with Gasteiger partial charge in [-0.25, -0.2) is 0 Å². The van der Waals surface area contributed by atoms with Crippen LogP contribution in [0.3, 0.4) is 0 Å². The van der Waals surface area contributed by atoms with E-state index in [-0.39, 0.29) is 6.04 Å². The predicted octanol–water partition coefficient (Wildman–Crippen LogP) is 1.60. The summed E-state index contributed by atoms with van der Waals surface area (Å²) in [7, 11) is 4.22. The fourth-order valence-corrected chi connectivity index (χ4v) is 2.10. The second kappa shape index (κ2) is 4.61. The number of hydrogen-bond donors (Lipinski definition) is 0. The first-order valence-electron chi connectivity index (χ1n) is 5.33. The van der Waals surface area contributed by atoms with E-state index in [4.69, 9.17) is 0 Å². The average molecular weight is 194 g/mol. The molecule has 1 rings (SSSR count). The standard InChI is InChI=1S/C12H20NO/c1-4-5-10-13(2,3)11-8-6-7-9-12(11)14/h11H,6-10H2,1-3H3/q+1. The summed E-state index contributed by atoms with van der Waals surface area (Å²) in [4.78, 5) is 11.7. The first kappa shape index (κ1) is 11.3. The third-order valence-corrected chi connectivity index (χ3v) is 3.03. The van der Waals surface area contributed by atoms with Gasteiger partial charge >= 0.3 is 0 Å². The van der Waals surface area contributed by atoms with Gasteiger partial charge < -0.3 is 4.48 Å². The van der Waals surface area contributed by atoms with Gasteiger partial charge in [-0.3, -0.25) is 4.79 Å². The SMILES string of the molecule is CC#CC[N+](C)(C)C1CCCCC1=O. The molecule has 1 aliphatic carbocycles. The number of carbonyl (C=O) groups excluding carboxylic acids is 1. The summed E-state index contributed by atoms with van der Waals surface area (Å²) in [5.74, 6) is 6.41. The lowest BCUT2D eigenvalue weighted by Gasteiger charge is -2.37. The second-order valence-corrected chi connectivity index (χ2v) is 4.59. The summed E-state index contributed by atoms with van der Waals surface area (Å²) < 4.78 is 0.736. The lowest BCUT2D eigenvalue weighted by atomic mass is 9.92. The zero-order valence-corrected chi connectivity index (χ0v) is 9.47. The van der Waals surface area contributed by atoms with Crippen LogP contribution in [0.5, 0.6) is 0 Å². The van der Waals surface area contributed by atoms with Crippen molar-refractivity contribution in [2.45, 2.75) is 38.6 Å². The van der Waals surface area contributed by atoms with Crippen molar-refractivity contribution in [3.8, 4) is 11.8 Å². The molecule has 0 aromatic rings. The largest absolute Gasteiger partial charge is 0.310 e. The lowest BCUT2D eigenvalue weighted by Crippen LogP contribution is -2.54. The van der Waals surface area contributed by atoms with Crippen molar-refractivity contribution in [3.63, 3.8) is 0 Å². The molecule has 14 heavy (non-hydrogen) atoms. The maximum atomic E-state index is 11.7. The Hall–Kier alpha value is -0.810. The van der Waals surface area contributed by atoms with Crippen molar-refractivity contribution >= 4 is 5.78 Å². The molecule has 1 fully saturated rings. The van der Waals surface area contributed by atoms with Crippen molar-refractivity contribution in [1.82, 2.24) is 0 Å². The topological polar surface area (TPSA) is 17.1 Å². The van der Waals surface area contributed by atoms with E-state index in [2.05, 4.69) is 25.9 Å². The van der Waals surface area contributed by atoms with Crippen LogP contribution in [0.25, 0.3) is 0 Å². The number of ketones is 1. The first-order valence-corrected chi connectivity index (χ1v) is 5.33. The van der Waals surface area contributed by atoms with Crippen LogP contribution in [0, 0.1) is 11.8 Å². The van der Waals surface area contributed by atoms with Crippen LogP contribution < -0.4 is 0 Å². The first-order chi connectivity index (χ1) is 6.58. The van der Waals surface area contributed by atoms with E-state index in [0.717, 1.165) is 30.3 Å². The highest BCUT2D eigenvalue weighted by Crippen LogP contribution is 2.22. The summed E-state index contributed by atoms with van der Waals surface area (Å²) in [5.41, 5.74) is 0. The summed E-state index contributed by atoms with van der Waals surface area (Å²) in [6.07, 6.45) is 4.08. The molecule has 1 saturated carbocycles. The van der Waals surface area contributed by atoms with Crippen LogP contribution >= 0.6 is 0 Å². The normalized spacial score (nSPS) is 22.8. The Morgan fingerprint density at radius 2 is 2.14 bits per heavy atom. The molecular weight excluding hydrogens is 174 g/mol. The molecule has 0 aromatic carbocycles. The Kier molecular flexibility index (Phi) is 3.71. The molecule has 0 aliphatic heterocycles. The third kappa shape index (κ3) is 2.59. The lowest BCUT2D eigenvalue weighted by molar-refractivity contribution is -0.899. The van der Waals surface area contributed by atoms with Crippen LogP contribution in [-0.2, 0) is 4.79 Å². The van der Waals surface area contributed by atoms with Crippen LogP contribution in [0.1, 0.15) is 32.6 Å². The predicted molar refractivity (Wildman–Crippen MR) is 57.7 cm³/mol. The van der Waals surface area contributed by atoms with Crippen LogP contribution in [-0.4, -0.2) is 36.9 Å². The number of nitrogens with zero attached hydrogens (tertiary/aromatic N) is 1. The van der Waals surface area contributed by atoms with Gasteiger partial charge in [0, 0.05) is 12.8 Å². The summed E-state index contributed by atoms with van der Waals surface area (Å²) in [5, 5.41) is 0. The molecule has 0 radical (unpaired) electrons. The highest BCUT2D eigenvalue weighted by Gasteiger charge is 2.35. The van der Waals surface area contributed by atoms with Gasteiger partial charge in [0.15, 0.2) is 5.78 Å². The zero-order chi connectivity index (χ0) is 10.6. The molecule has 78 valence electrons. The van der Waals surface area contributed by atoms with E-state index < -0.39 is 0 Å². The average Bonchev–Trinajstić information content (AvgIpc) is 2.15. The second-order valence-electron chi connectivity index (χ2n) is 4.59. The molecule has 1 atom stereocenters. The van der Waals surface area contributed by atoms with Gasteiger partial charge in [0.25, 0.3) is 0 Å². The molecule has 2 heteroatoms. The minimum absolute atomic E-state index is 0.185. The molecule has 1 aliphatic rings. The van der Waals surface area contributed by atoms with E-state index in [0.29, 0.717) is 5.78 Å². The molecule has 1 unspecified atom stereocenters. The van der Waals surface area contributed by atoms with Crippen molar-refractivity contribution in [1.29, 1.82) is 0 Å².